The molecular weight excluding hydrogens is 570 g/mol. The minimum atomic E-state index is -0.896. The van der Waals surface area contributed by atoms with E-state index >= 15 is 0 Å². The number of carbonyl (C=O) groups excluding carboxylic acids is 5. The minimum Gasteiger partial charge on any atom is -0.463 e. The quantitative estimate of drug-likeness (QED) is 0.0447. The molecule has 0 saturated carbocycles. The van der Waals surface area contributed by atoms with Gasteiger partial charge in [-0.1, -0.05) is 19.7 Å². The van der Waals surface area contributed by atoms with Gasteiger partial charge in [-0.05, 0) is 99.0 Å². The van der Waals surface area contributed by atoms with Crippen LogP contribution in [0.4, 0.5) is 10.5 Å². The van der Waals surface area contributed by atoms with Crippen LogP contribution in [0.25, 0.3) is 0 Å². The Labute approximate surface area is 255 Å². The molecule has 11 nitrogen and oxygen atoms in total. The number of unbranched alkanes of at least 4 members (excludes halogenated alkanes) is 2. The van der Waals surface area contributed by atoms with E-state index in [9.17, 15) is 24.0 Å². The number of hydrogen-bond acceptors (Lipinski definition) is 10. The van der Waals surface area contributed by atoms with Crippen LogP contribution in [-0.2, 0) is 28.5 Å². The smallest absolute Gasteiger partial charge is 0.463 e. The zero-order valence-corrected chi connectivity index (χ0v) is 24.2. The van der Waals surface area contributed by atoms with E-state index in [4.69, 9.17) is 23.7 Å². The molecule has 0 saturated heterocycles. The van der Waals surface area contributed by atoms with Crippen molar-refractivity contribution < 1.29 is 47.7 Å². The average Bonchev–Trinajstić information content (AvgIpc) is 3.02. The monoisotopic (exact) mass is 603 g/mol. The second kappa shape index (κ2) is 18.7. The van der Waals surface area contributed by atoms with Crippen LogP contribution in [-0.4, -0.2) is 43.2 Å². The first-order valence-electron chi connectivity index (χ1n) is 13.4. The minimum absolute atomic E-state index is 0.0930. The van der Waals surface area contributed by atoms with Crippen LogP contribution in [0.1, 0.15) is 46.9 Å². The van der Waals surface area contributed by atoms with Crippen molar-refractivity contribution >= 4 is 35.7 Å². The molecule has 0 aliphatic rings. The van der Waals surface area contributed by atoms with Gasteiger partial charge in [-0.15, -0.1) is 0 Å². The number of hydrogen-bond donors (Lipinski definition) is 1. The Kier molecular flexibility index (Phi) is 14.6. The van der Waals surface area contributed by atoms with Crippen molar-refractivity contribution in [3.8, 4) is 5.75 Å². The molecule has 1 amide bonds. The number of amides is 1. The number of ether oxygens (including phenoxy) is 5. The van der Waals surface area contributed by atoms with Gasteiger partial charge in [-0.25, -0.2) is 19.2 Å². The number of nitrogens with one attached hydrogen (secondary N) is 1. The topological polar surface area (TPSA) is 144 Å². The van der Waals surface area contributed by atoms with Crippen molar-refractivity contribution in [3.05, 3.63) is 121 Å². The molecule has 2 aromatic rings. The van der Waals surface area contributed by atoms with Gasteiger partial charge in [-0.2, -0.15) is 0 Å². The van der Waals surface area contributed by atoms with Crippen LogP contribution in [0.5, 0.6) is 5.75 Å². The van der Waals surface area contributed by atoms with E-state index in [1.165, 1.54) is 54.6 Å². The van der Waals surface area contributed by atoms with Crippen molar-refractivity contribution in [3.63, 3.8) is 0 Å². The van der Waals surface area contributed by atoms with Crippen molar-refractivity contribution in [1.29, 1.82) is 0 Å². The molecule has 0 aromatic heterocycles. The maximum absolute atomic E-state index is 12.6. The molecule has 0 unspecified atom stereocenters. The van der Waals surface area contributed by atoms with Gasteiger partial charge in [-0.3, -0.25) is 4.79 Å². The SMILES string of the molecule is C=CC(=O)Nc1ccc(C(=O)O/C(C)=C/C=C(\C=C)OC(=O)c2ccc(OC(=O)OCCCCCOC(=O)C=C)cc2)cc1. The summed E-state index contributed by atoms with van der Waals surface area (Å²) in [5.41, 5.74) is 0.930. The number of benzene rings is 2. The molecule has 0 atom stereocenters. The number of carbonyl (C=O) groups is 5. The number of esters is 3. The first-order valence-corrected chi connectivity index (χ1v) is 13.4. The molecule has 44 heavy (non-hydrogen) atoms. The summed E-state index contributed by atoms with van der Waals surface area (Å²) in [6.45, 7) is 12.2. The van der Waals surface area contributed by atoms with Crippen LogP contribution in [0.15, 0.2) is 110 Å². The molecule has 2 aromatic carbocycles. The van der Waals surface area contributed by atoms with Gasteiger partial charge < -0.3 is 29.0 Å². The molecular formula is C33H33NO10. The van der Waals surface area contributed by atoms with E-state index < -0.39 is 24.1 Å². The van der Waals surface area contributed by atoms with Gasteiger partial charge in [0.25, 0.3) is 0 Å². The first-order chi connectivity index (χ1) is 21.1. The molecule has 11 heteroatoms. The van der Waals surface area contributed by atoms with E-state index in [0.717, 1.165) is 12.2 Å². The maximum Gasteiger partial charge on any atom is 0.513 e. The summed E-state index contributed by atoms with van der Waals surface area (Å²) in [4.78, 5) is 59.1. The molecule has 2 rings (SSSR count). The molecule has 0 bridgehead atoms. The number of rotatable bonds is 16. The van der Waals surface area contributed by atoms with Crippen LogP contribution in [0, 0.1) is 0 Å². The van der Waals surface area contributed by atoms with Gasteiger partial charge in [0.15, 0.2) is 0 Å². The van der Waals surface area contributed by atoms with Crippen LogP contribution >= 0.6 is 0 Å². The zero-order valence-electron chi connectivity index (χ0n) is 24.2. The highest BCUT2D eigenvalue weighted by atomic mass is 16.7. The van der Waals surface area contributed by atoms with Crippen LogP contribution < -0.4 is 10.1 Å². The third kappa shape index (κ3) is 12.9. The third-order valence-corrected chi connectivity index (χ3v) is 5.43. The lowest BCUT2D eigenvalue weighted by Crippen LogP contribution is -2.12. The highest BCUT2D eigenvalue weighted by molar-refractivity contribution is 5.99. The van der Waals surface area contributed by atoms with E-state index in [0.29, 0.717) is 24.9 Å². The lowest BCUT2D eigenvalue weighted by Gasteiger charge is -2.08. The summed E-state index contributed by atoms with van der Waals surface area (Å²) in [5.74, 6) is -1.70. The predicted molar refractivity (Wildman–Crippen MR) is 162 cm³/mol. The van der Waals surface area contributed by atoms with Crippen molar-refractivity contribution in [2.24, 2.45) is 0 Å². The Morgan fingerprint density at radius 1 is 0.705 bits per heavy atom. The molecule has 0 radical (unpaired) electrons. The summed E-state index contributed by atoms with van der Waals surface area (Å²) in [6, 6.07) is 11.7. The Morgan fingerprint density at radius 3 is 1.89 bits per heavy atom. The third-order valence-electron chi connectivity index (χ3n) is 5.43. The highest BCUT2D eigenvalue weighted by Gasteiger charge is 2.12. The van der Waals surface area contributed by atoms with Crippen molar-refractivity contribution in [2.75, 3.05) is 18.5 Å². The predicted octanol–water partition coefficient (Wildman–Crippen LogP) is 6.21. The normalized spacial score (nSPS) is 10.9. The Bertz CT molecular complexity index is 1420. The van der Waals surface area contributed by atoms with E-state index in [1.54, 1.807) is 19.1 Å². The van der Waals surface area contributed by atoms with Crippen molar-refractivity contribution in [2.45, 2.75) is 26.2 Å². The highest BCUT2D eigenvalue weighted by Crippen LogP contribution is 2.16. The standard InChI is InChI=1S/C33H33NO10/c1-5-27(18-11-23(4)42-31(37)24-12-16-26(17-13-24)34-29(35)6-2)43-32(38)25-14-19-28(20-15-25)44-33(39)41-22-10-8-9-21-40-30(36)7-3/h5-7,11-20H,1-3,8-10,21-22H2,4H3,(H,34,35)/b23-11+,27-18+. The summed E-state index contributed by atoms with van der Waals surface area (Å²) in [7, 11) is 0. The maximum atomic E-state index is 12.6. The van der Waals surface area contributed by atoms with E-state index in [-0.39, 0.29) is 47.5 Å². The summed E-state index contributed by atoms with van der Waals surface area (Å²) in [5, 5.41) is 2.58. The van der Waals surface area contributed by atoms with Crippen molar-refractivity contribution in [1.82, 2.24) is 0 Å². The molecule has 0 heterocycles. The van der Waals surface area contributed by atoms with Crippen LogP contribution in [0.3, 0.4) is 0 Å². The average molecular weight is 604 g/mol. The second-order valence-corrected chi connectivity index (χ2v) is 8.76. The summed E-state index contributed by atoms with van der Waals surface area (Å²) < 4.78 is 25.6. The van der Waals surface area contributed by atoms with Gasteiger partial charge in [0, 0.05) is 11.8 Å². The molecule has 0 fully saturated rings. The molecule has 0 aliphatic heterocycles. The largest absolute Gasteiger partial charge is 0.513 e. The second-order valence-electron chi connectivity index (χ2n) is 8.76. The molecule has 1 N–H and O–H groups in total. The Hall–Kier alpha value is -5.71. The number of allylic oxidation sites excluding steroid dienone is 4. The Balaban J connectivity index is 1.81. The Morgan fingerprint density at radius 2 is 1.30 bits per heavy atom. The fraction of sp³-hybridized carbons (Fsp3) is 0.182. The van der Waals surface area contributed by atoms with Gasteiger partial charge in [0.05, 0.1) is 24.3 Å². The van der Waals surface area contributed by atoms with Crippen LogP contribution in [0.2, 0.25) is 0 Å². The first kappa shape index (κ1) is 34.5. The summed E-state index contributed by atoms with van der Waals surface area (Å²) >= 11 is 0. The summed E-state index contributed by atoms with van der Waals surface area (Å²) in [6.07, 6.45) is 7.34. The molecule has 230 valence electrons. The van der Waals surface area contributed by atoms with E-state index in [2.05, 4.69) is 25.1 Å². The molecule has 0 spiro atoms. The fourth-order valence-corrected chi connectivity index (χ4v) is 3.18. The van der Waals surface area contributed by atoms with Gasteiger partial charge >= 0.3 is 24.1 Å². The molecule has 0 aliphatic carbocycles. The lowest BCUT2D eigenvalue weighted by molar-refractivity contribution is -0.137. The number of anilines is 1. The van der Waals surface area contributed by atoms with Gasteiger partial charge in [0.2, 0.25) is 5.91 Å². The fourth-order valence-electron chi connectivity index (χ4n) is 3.18. The zero-order chi connectivity index (χ0) is 32.3. The van der Waals surface area contributed by atoms with Gasteiger partial charge in [0.1, 0.15) is 17.3 Å². The van der Waals surface area contributed by atoms with E-state index in [1.807, 2.05) is 0 Å². The lowest BCUT2D eigenvalue weighted by atomic mass is 10.2.